The summed E-state index contributed by atoms with van der Waals surface area (Å²) in [6, 6.07) is 8.61. The Labute approximate surface area is 132 Å². The number of rotatable bonds is 2. The normalized spacial score (nSPS) is 16.5. The minimum absolute atomic E-state index is 0.0195. The Balaban J connectivity index is 1.94. The van der Waals surface area contributed by atoms with E-state index in [0.717, 1.165) is 5.56 Å². The van der Waals surface area contributed by atoms with Gasteiger partial charge < -0.3 is 4.42 Å². The molecule has 6 heteroatoms. The summed E-state index contributed by atoms with van der Waals surface area (Å²) in [6.07, 6.45) is 1.43. The minimum Gasteiger partial charge on any atom is -0.462 e. The average molecular weight is 317 g/mol. The molecule has 3 rings (SSSR count). The molecule has 0 aliphatic carbocycles. The molecule has 0 spiro atoms. The highest BCUT2D eigenvalue weighted by Gasteiger charge is 2.34. The van der Waals surface area contributed by atoms with Gasteiger partial charge in [-0.25, -0.2) is 5.01 Å². The van der Waals surface area contributed by atoms with Crippen molar-refractivity contribution in [3.63, 3.8) is 0 Å². The van der Waals surface area contributed by atoms with E-state index in [1.54, 1.807) is 37.3 Å². The highest BCUT2D eigenvalue weighted by Crippen LogP contribution is 2.26. The molecule has 1 N–H and O–H groups in total. The molecule has 5 nitrogen and oxygen atoms in total. The summed E-state index contributed by atoms with van der Waals surface area (Å²) in [4.78, 5) is 24.4. The molecule has 0 radical (unpaired) electrons. The van der Waals surface area contributed by atoms with Crippen molar-refractivity contribution < 1.29 is 14.0 Å². The van der Waals surface area contributed by atoms with Crippen molar-refractivity contribution in [1.29, 1.82) is 0 Å². The van der Waals surface area contributed by atoms with Gasteiger partial charge >= 0.3 is 0 Å². The Bertz CT molecular complexity index is 807. The largest absolute Gasteiger partial charge is 0.462 e. The van der Waals surface area contributed by atoms with Crippen LogP contribution < -0.4 is 10.4 Å². The number of benzene rings is 1. The fraction of sp³-hybridized carbons (Fsp3) is 0.125. The summed E-state index contributed by atoms with van der Waals surface area (Å²) in [6.45, 7) is 3.65. The minimum atomic E-state index is -0.476. The third kappa shape index (κ3) is 2.51. The first-order valence-corrected chi connectivity index (χ1v) is 7.03. The SMILES string of the molecule is Cc1ccc(/C=C2\C(=O)NN(c3ccc(C)c(Cl)c3)C2=O)o1. The monoisotopic (exact) mass is 316 g/mol. The van der Waals surface area contributed by atoms with Crippen LogP contribution in [0.3, 0.4) is 0 Å². The predicted molar refractivity (Wildman–Crippen MR) is 83.2 cm³/mol. The van der Waals surface area contributed by atoms with Gasteiger partial charge in [0.05, 0.1) is 5.69 Å². The Hall–Kier alpha value is -2.53. The molecule has 1 aromatic carbocycles. The number of carbonyl (C=O) groups is 2. The van der Waals surface area contributed by atoms with E-state index in [9.17, 15) is 9.59 Å². The van der Waals surface area contributed by atoms with Crippen LogP contribution in [0.5, 0.6) is 0 Å². The molecule has 1 aromatic heterocycles. The topological polar surface area (TPSA) is 62.6 Å². The van der Waals surface area contributed by atoms with Crippen LogP contribution >= 0.6 is 11.6 Å². The van der Waals surface area contributed by atoms with Gasteiger partial charge in [-0.1, -0.05) is 17.7 Å². The van der Waals surface area contributed by atoms with Crippen LogP contribution in [0.25, 0.3) is 6.08 Å². The third-order valence-electron chi connectivity index (χ3n) is 3.35. The van der Waals surface area contributed by atoms with Crippen LogP contribution in [0.15, 0.2) is 40.3 Å². The van der Waals surface area contributed by atoms with Crippen molar-refractivity contribution in [2.24, 2.45) is 0 Å². The van der Waals surface area contributed by atoms with Crippen molar-refractivity contribution >= 4 is 35.2 Å². The molecule has 0 atom stereocenters. The first-order chi connectivity index (χ1) is 10.5. The Morgan fingerprint density at radius 2 is 1.95 bits per heavy atom. The maximum Gasteiger partial charge on any atom is 0.282 e. The lowest BCUT2D eigenvalue weighted by atomic mass is 10.2. The van der Waals surface area contributed by atoms with E-state index in [0.29, 0.717) is 22.2 Å². The number of halogens is 1. The van der Waals surface area contributed by atoms with Gasteiger partial charge in [0.25, 0.3) is 11.8 Å². The van der Waals surface area contributed by atoms with Gasteiger partial charge in [0.1, 0.15) is 17.1 Å². The summed E-state index contributed by atoms with van der Waals surface area (Å²) in [5.74, 6) is 0.245. The fourth-order valence-corrected chi connectivity index (χ4v) is 2.31. The summed E-state index contributed by atoms with van der Waals surface area (Å²) in [5, 5.41) is 1.70. The van der Waals surface area contributed by atoms with Crippen LogP contribution in [0.2, 0.25) is 5.02 Å². The van der Waals surface area contributed by atoms with E-state index < -0.39 is 11.8 Å². The number of aryl methyl sites for hydroxylation is 2. The van der Waals surface area contributed by atoms with Gasteiger partial charge in [0.2, 0.25) is 0 Å². The molecule has 2 amide bonds. The summed E-state index contributed by atoms with van der Waals surface area (Å²) >= 11 is 6.06. The van der Waals surface area contributed by atoms with Crippen molar-refractivity contribution in [2.45, 2.75) is 13.8 Å². The molecule has 0 saturated carbocycles. The van der Waals surface area contributed by atoms with Crippen LogP contribution in [0.1, 0.15) is 17.1 Å². The molecule has 22 heavy (non-hydrogen) atoms. The smallest absolute Gasteiger partial charge is 0.282 e. The Morgan fingerprint density at radius 1 is 1.18 bits per heavy atom. The fourth-order valence-electron chi connectivity index (χ4n) is 2.13. The Kier molecular flexibility index (Phi) is 3.50. The average Bonchev–Trinajstić information content (AvgIpc) is 3.00. The molecule has 0 bridgehead atoms. The molecular weight excluding hydrogens is 304 g/mol. The molecule has 1 aliphatic rings. The van der Waals surface area contributed by atoms with E-state index >= 15 is 0 Å². The van der Waals surface area contributed by atoms with E-state index in [-0.39, 0.29) is 5.57 Å². The van der Waals surface area contributed by atoms with E-state index in [4.69, 9.17) is 16.0 Å². The zero-order chi connectivity index (χ0) is 15.9. The second kappa shape index (κ2) is 5.35. The molecule has 1 aliphatic heterocycles. The Morgan fingerprint density at radius 3 is 2.59 bits per heavy atom. The van der Waals surface area contributed by atoms with Gasteiger partial charge in [0.15, 0.2) is 0 Å². The second-order valence-corrected chi connectivity index (χ2v) is 5.43. The predicted octanol–water partition coefficient (Wildman–Crippen LogP) is 3.01. The number of hydrazine groups is 1. The summed E-state index contributed by atoms with van der Waals surface area (Å²) in [5.41, 5.74) is 3.94. The number of nitrogens with zero attached hydrogens (tertiary/aromatic N) is 1. The van der Waals surface area contributed by atoms with E-state index in [1.807, 2.05) is 6.92 Å². The molecule has 1 fully saturated rings. The third-order valence-corrected chi connectivity index (χ3v) is 3.76. The number of nitrogens with one attached hydrogen (secondary N) is 1. The molecule has 1 saturated heterocycles. The maximum absolute atomic E-state index is 12.4. The molecular formula is C16H13ClN2O3. The first kappa shape index (κ1) is 14.4. The quantitative estimate of drug-likeness (QED) is 0.684. The maximum atomic E-state index is 12.4. The van der Waals surface area contributed by atoms with E-state index in [1.165, 1.54) is 11.1 Å². The number of anilines is 1. The summed E-state index contributed by atoms with van der Waals surface area (Å²) < 4.78 is 5.37. The van der Waals surface area contributed by atoms with Crippen molar-refractivity contribution in [3.05, 3.63) is 58.0 Å². The lowest BCUT2D eigenvalue weighted by Gasteiger charge is -2.15. The molecule has 2 heterocycles. The van der Waals surface area contributed by atoms with Gasteiger partial charge in [-0.05, 0) is 49.8 Å². The number of hydrogen-bond acceptors (Lipinski definition) is 3. The highest BCUT2D eigenvalue weighted by molar-refractivity contribution is 6.33. The molecule has 2 aromatic rings. The first-order valence-electron chi connectivity index (χ1n) is 6.65. The summed E-state index contributed by atoms with van der Waals surface area (Å²) in [7, 11) is 0. The van der Waals surface area contributed by atoms with Crippen LogP contribution in [-0.2, 0) is 9.59 Å². The highest BCUT2D eigenvalue weighted by atomic mass is 35.5. The van der Waals surface area contributed by atoms with Crippen LogP contribution in [-0.4, -0.2) is 11.8 Å². The van der Waals surface area contributed by atoms with Crippen molar-refractivity contribution in [2.75, 3.05) is 5.01 Å². The second-order valence-electron chi connectivity index (χ2n) is 5.02. The van der Waals surface area contributed by atoms with Crippen LogP contribution in [0.4, 0.5) is 5.69 Å². The zero-order valence-electron chi connectivity index (χ0n) is 12.0. The zero-order valence-corrected chi connectivity index (χ0v) is 12.8. The molecule has 112 valence electrons. The van der Waals surface area contributed by atoms with Crippen molar-refractivity contribution in [3.8, 4) is 0 Å². The molecule has 0 unspecified atom stereocenters. The van der Waals surface area contributed by atoms with Gasteiger partial charge in [0, 0.05) is 5.02 Å². The number of amides is 2. The van der Waals surface area contributed by atoms with Gasteiger partial charge in [-0.15, -0.1) is 0 Å². The van der Waals surface area contributed by atoms with Gasteiger partial charge in [-0.2, -0.15) is 0 Å². The standard InChI is InChI=1S/C16H13ClN2O3/c1-9-3-5-11(7-14(9)17)19-16(21)13(15(20)18-19)8-12-6-4-10(2)22-12/h3-8H,1-2H3,(H,18,20)/b13-8+. The number of carbonyl (C=O) groups excluding carboxylic acids is 2. The number of furan rings is 1. The van der Waals surface area contributed by atoms with Crippen LogP contribution in [0, 0.1) is 13.8 Å². The lowest BCUT2D eigenvalue weighted by molar-refractivity contribution is -0.117. The number of hydrogen-bond donors (Lipinski definition) is 1. The lowest BCUT2D eigenvalue weighted by Crippen LogP contribution is -2.35. The van der Waals surface area contributed by atoms with Gasteiger partial charge in [-0.3, -0.25) is 15.0 Å². The van der Waals surface area contributed by atoms with E-state index in [2.05, 4.69) is 5.43 Å². The van der Waals surface area contributed by atoms with Crippen molar-refractivity contribution in [1.82, 2.24) is 5.43 Å².